The summed E-state index contributed by atoms with van der Waals surface area (Å²) in [5.74, 6) is 1.42. The summed E-state index contributed by atoms with van der Waals surface area (Å²) in [7, 11) is 2.17. The molecule has 2 nitrogen and oxygen atoms in total. The van der Waals surface area contributed by atoms with Gasteiger partial charge in [0.15, 0.2) is 11.0 Å². The predicted molar refractivity (Wildman–Crippen MR) is 76.0 cm³/mol. The summed E-state index contributed by atoms with van der Waals surface area (Å²) >= 11 is 2.45. The number of hydrogen-bond acceptors (Lipinski definition) is 0. The third-order valence-corrected chi connectivity index (χ3v) is 3.83. The van der Waals surface area contributed by atoms with E-state index in [-0.39, 0.29) is 0 Å². The van der Waals surface area contributed by atoms with Crippen LogP contribution in [-0.4, -0.2) is 8.99 Å². The molecule has 0 N–H and O–H groups in total. The van der Waals surface area contributed by atoms with Gasteiger partial charge in [-0.2, -0.15) is 0 Å². The first kappa shape index (κ1) is 11.9. The number of alkyl halides is 1. The summed E-state index contributed by atoms with van der Waals surface area (Å²) in [4.78, 5) is 0. The van der Waals surface area contributed by atoms with Gasteiger partial charge in [-0.05, 0) is 18.6 Å². The fraction of sp³-hybridized carbons (Fsp3) is 0.462. The molecule has 0 unspecified atom stereocenters. The summed E-state index contributed by atoms with van der Waals surface area (Å²) < 4.78 is 6.01. The summed E-state index contributed by atoms with van der Waals surface area (Å²) in [5, 5.41) is 0. The van der Waals surface area contributed by atoms with Gasteiger partial charge in [0.1, 0.15) is 0 Å². The van der Waals surface area contributed by atoms with Crippen molar-refractivity contribution in [1.82, 2.24) is 4.57 Å². The zero-order valence-electron chi connectivity index (χ0n) is 9.91. The molecule has 0 aliphatic carbocycles. The van der Waals surface area contributed by atoms with Crippen LogP contribution in [0.1, 0.15) is 19.2 Å². The first-order valence-corrected chi connectivity index (χ1v) is 7.34. The maximum Gasteiger partial charge on any atom is 0.256 e. The molecular weight excluding hydrogens is 311 g/mol. The number of halogens is 1. The van der Waals surface area contributed by atoms with Crippen LogP contribution in [0.15, 0.2) is 24.3 Å². The summed E-state index contributed by atoms with van der Waals surface area (Å²) in [6, 6.07) is 8.67. The quantitative estimate of drug-likeness (QED) is 0.463. The zero-order valence-corrected chi connectivity index (χ0v) is 12.1. The summed E-state index contributed by atoms with van der Waals surface area (Å²) in [6.07, 6.45) is 2.33. The second-order valence-corrected chi connectivity index (χ2v) is 5.09. The van der Waals surface area contributed by atoms with Gasteiger partial charge in [-0.3, -0.25) is 0 Å². The molecule has 0 spiro atoms. The minimum absolute atomic E-state index is 1.09. The molecule has 0 aliphatic heterocycles. The Morgan fingerprint density at radius 1 is 1.31 bits per heavy atom. The van der Waals surface area contributed by atoms with Crippen LogP contribution < -0.4 is 4.57 Å². The molecule has 0 saturated carbocycles. The van der Waals surface area contributed by atoms with Crippen molar-refractivity contribution >= 4 is 33.6 Å². The number of nitrogens with zero attached hydrogens (tertiary/aromatic N) is 2. The minimum Gasteiger partial charge on any atom is -0.230 e. The predicted octanol–water partition coefficient (Wildman–Crippen LogP) is 2.85. The van der Waals surface area contributed by atoms with Crippen molar-refractivity contribution in [3.63, 3.8) is 0 Å². The number of fused-ring (bicyclic) bond motifs is 1. The lowest BCUT2D eigenvalue weighted by molar-refractivity contribution is -0.653. The van der Waals surface area contributed by atoms with E-state index in [1.807, 2.05) is 0 Å². The van der Waals surface area contributed by atoms with Gasteiger partial charge in [0.05, 0.1) is 13.6 Å². The van der Waals surface area contributed by atoms with Gasteiger partial charge >= 0.3 is 0 Å². The number of rotatable bonds is 4. The fourth-order valence-electron chi connectivity index (χ4n) is 2.33. The van der Waals surface area contributed by atoms with E-state index in [0.717, 1.165) is 13.0 Å². The standard InChI is InChI=1S/C13H18IN2/c1-3-13-15(2)11-7-4-5-8-12(11)16(13)10-6-9-14/h4-5,7-8H,3,6,9-10H2,1-2H3/q+1. The third kappa shape index (κ3) is 1.97. The number of para-hydroxylation sites is 2. The molecule has 2 rings (SSSR count). The topological polar surface area (TPSA) is 8.81 Å². The second-order valence-electron chi connectivity index (χ2n) is 4.01. The normalized spacial score (nSPS) is 11.2. The third-order valence-electron chi connectivity index (χ3n) is 3.06. The minimum atomic E-state index is 1.09. The maximum atomic E-state index is 2.47. The van der Waals surface area contributed by atoms with E-state index in [9.17, 15) is 0 Å². The Kier molecular flexibility index (Phi) is 3.84. The second kappa shape index (κ2) is 5.17. The Morgan fingerprint density at radius 2 is 2.06 bits per heavy atom. The average Bonchev–Trinajstić information content (AvgIpc) is 2.60. The number of benzene rings is 1. The molecule has 0 amide bonds. The van der Waals surface area contributed by atoms with Crippen LogP contribution in [0.2, 0.25) is 0 Å². The lowest BCUT2D eigenvalue weighted by atomic mass is 10.3. The van der Waals surface area contributed by atoms with Gasteiger partial charge < -0.3 is 0 Å². The van der Waals surface area contributed by atoms with Crippen molar-refractivity contribution in [2.24, 2.45) is 7.05 Å². The van der Waals surface area contributed by atoms with Crippen molar-refractivity contribution in [2.75, 3.05) is 4.43 Å². The Labute approximate surface area is 110 Å². The molecule has 0 fully saturated rings. The number of hydrogen-bond donors (Lipinski definition) is 0. The van der Waals surface area contributed by atoms with Gasteiger partial charge in [0, 0.05) is 10.8 Å². The molecular formula is C13H18IN2+. The lowest BCUT2D eigenvalue weighted by Crippen LogP contribution is -2.32. The largest absolute Gasteiger partial charge is 0.256 e. The molecule has 0 radical (unpaired) electrons. The monoisotopic (exact) mass is 329 g/mol. The van der Waals surface area contributed by atoms with Crippen LogP contribution in [0.3, 0.4) is 0 Å². The first-order valence-electron chi connectivity index (χ1n) is 5.81. The van der Waals surface area contributed by atoms with Gasteiger partial charge in [-0.25, -0.2) is 9.13 Å². The van der Waals surface area contributed by atoms with Crippen LogP contribution in [0.4, 0.5) is 0 Å². The highest BCUT2D eigenvalue weighted by molar-refractivity contribution is 14.1. The molecule has 0 bridgehead atoms. The SMILES string of the molecule is CCc1n(CCCI)c2ccccc2[n+]1C. The van der Waals surface area contributed by atoms with E-state index in [2.05, 4.69) is 70.0 Å². The molecule has 3 heteroatoms. The zero-order chi connectivity index (χ0) is 11.5. The average molecular weight is 329 g/mol. The number of aryl methyl sites for hydroxylation is 2. The van der Waals surface area contributed by atoms with E-state index >= 15 is 0 Å². The van der Waals surface area contributed by atoms with Crippen molar-refractivity contribution in [1.29, 1.82) is 0 Å². The molecule has 16 heavy (non-hydrogen) atoms. The van der Waals surface area contributed by atoms with Crippen molar-refractivity contribution in [2.45, 2.75) is 26.3 Å². The highest BCUT2D eigenvalue weighted by atomic mass is 127. The van der Waals surface area contributed by atoms with Gasteiger partial charge in [-0.1, -0.05) is 41.6 Å². The fourth-order valence-corrected chi connectivity index (χ4v) is 2.67. The van der Waals surface area contributed by atoms with E-state index in [4.69, 9.17) is 0 Å². The Morgan fingerprint density at radius 3 is 2.75 bits per heavy atom. The van der Waals surface area contributed by atoms with E-state index in [1.165, 1.54) is 27.7 Å². The van der Waals surface area contributed by atoms with Crippen LogP contribution in [0.5, 0.6) is 0 Å². The number of aromatic nitrogens is 2. The van der Waals surface area contributed by atoms with Crippen LogP contribution in [0.25, 0.3) is 11.0 Å². The molecule has 0 aliphatic rings. The van der Waals surface area contributed by atoms with Gasteiger partial charge in [0.25, 0.3) is 5.82 Å². The van der Waals surface area contributed by atoms with Crippen LogP contribution in [0, 0.1) is 0 Å². The van der Waals surface area contributed by atoms with Crippen molar-refractivity contribution in [3.05, 3.63) is 30.1 Å². The Bertz CT molecular complexity index is 488. The first-order chi connectivity index (χ1) is 7.79. The van der Waals surface area contributed by atoms with Crippen molar-refractivity contribution < 1.29 is 4.57 Å². The molecule has 0 saturated heterocycles. The van der Waals surface area contributed by atoms with Crippen LogP contribution in [-0.2, 0) is 20.0 Å². The molecule has 1 aromatic heterocycles. The smallest absolute Gasteiger partial charge is 0.230 e. The summed E-state index contributed by atoms with van der Waals surface area (Å²) in [5.41, 5.74) is 2.71. The molecule has 0 atom stereocenters. The Balaban J connectivity index is 2.58. The van der Waals surface area contributed by atoms with E-state index < -0.39 is 0 Å². The molecule has 1 aromatic carbocycles. The Hall–Kier alpha value is -0.580. The van der Waals surface area contributed by atoms with Gasteiger partial charge in [-0.15, -0.1) is 0 Å². The van der Waals surface area contributed by atoms with E-state index in [0.29, 0.717) is 0 Å². The molecule has 86 valence electrons. The molecule has 1 heterocycles. The van der Waals surface area contributed by atoms with Crippen molar-refractivity contribution in [3.8, 4) is 0 Å². The number of imidazole rings is 1. The highest BCUT2D eigenvalue weighted by Gasteiger charge is 2.19. The summed E-state index contributed by atoms with van der Waals surface area (Å²) in [6.45, 7) is 3.36. The van der Waals surface area contributed by atoms with Gasteiger partial charge in [0.2, 0.25) is 0 Å². The highest BCUT2D eigenvalue weighted by Crippen LogP contribution is 2.15. The van der Waals surface area contributed by atoms with E-state index in [1.54, 1.807) is 0 Å². The van der Waals surface area contributed by atoms with Crippen LogP contribution >= 0.6 is 22.6 Å². The maximum absolute atomic E-state index is 2.47. The lowest BCUT2D eigenvalue weighted by Gasteiger charge is -1.99. The molecule has 2 aromatic rings.